The first-order valence-electron chi connectivity index (χ1n) is 7.90. The van der Waals surface area contributed by atoms with Gasteiger partial charge >= 0.3 is 6.09 Å². The summed E-state index contributed by atoms with van der Waals surface area (Å²) >= 11 is 0. The molecule has 0 saturated carbocycles. The molecule has 1 rings (SSSR count). The first kappa shape index (κ1) is 18.5. The van der Waals surface area contributed by atoms with Crippen LogP contribution in [0.2, 0.25) is 0 Å². The lowest BCUT2D eigenvalue weighted by Gasteiger charge is -2.29. The lowest BCUT2D eigenvalue weighted by atomic mass is 9.94. The molecule has 0 aromatic heterocycles. The van der Waals surface area contributed by atoms with Gasteiger partial charge in [0.05, 0.1) is 12.1 Å². The van der Waals surface area contributed by atoms with Crippen LogP contribution < -0.4 is 5.32 Å². The minimum Gasteiger partial charge on any atom is -0.444 e. The molecular weight excluding hydrogens is 278 g/mol. The van der Waals surface area contributed by atoms with Crippen LogP contribution in [0.5, 0.6) is 0 Å². The molecule has 1 amide bonds. The van der Waals surface area contributed by atoms with Crippen molar-refractivity contribution in [2.24, 2.45) is 5.92 Å². The minimum absolute atomic E-state index is 0.123. The fourth-order valence-electron chi connectivity index (χ4n) is 2.29. The van der Waals surface area contributed by atoms with E-state index in [2.05, 4.69) is 5.32 Å². The Balaban J connectivity index is 2.56. The Morgan fingerprint density at radius 2 is 1.82 bits per heavy atom. The number of aryl methyl sites for hydroxylation is 1. The van der Waals surface area contributed by atoms with Crippen LogP contribution in [0, 0.1) is 5.92 Å². The van der Waals surface area contributed by atoms with Crippen LogP contribution >= 0.6 is 0 Å². The van der Waals surface area contributed by atoms with Crippen LogP contribution in [0.3, 0.4) is 0 Å². The minimum atomic E-state index is -0.604. The normalized spacial score (nSPS) is 14.5. The summed E-state index contributed by atoms with van der Waals surface area (Å²) in [7, 11) is 0. The largest absolute Gasteiger partial charge is 0.444 e. The van der Waals surface area contributed by atoms with Crippen molar-refractivity contribution in [3.8, 4) is 0 Å². The first-order valence-corrected chi connectivity index (χ1v) is 7.90. The Hall–Kier alpha value is -1.55. The summed E-state index contributed by atoms with van der Waals surface area (Å²) in [4.78, 5) is 11.9. The Morgan fingerprint density at radius 3 is 2.32 bits per heavy atom. The average Bonchev–Trinajstić information content (AvgIpc) is 2.41. The smallest absolute Gasteiger partial charge is 0.407 e. The van der Waals surface area contributed by atoms with Gasteiger partial charge in [0.25, 0.3) is 0 Å². The third kappa shape index (κ3) is 6.94. The molecule has 0 aliphatic heterocycles. The second-order valence-electron chi connectivity index (χ2n) is 7.01. The van der Waals surface area contributed by atoms with Crippen LogP contribution in [0.4, 0.5) is 4.79 Å². The second kappa shape index (κ2) is 8.18. The van der Waals surface area contributed by atoms with Crippen molar-refractivity contribution in [1.82, 2.24) is 5.32 Å². The van der Waals surface area contributed by atoms with Crippen LogP contribution in [-0.4, -0.2) is 28.9 Å². The van der Waals surface area contributed by atoms with Crippen molar-refractivity contribution < 1.29 is 14.6 Å². The predicted octanol–water partition coefficient (Wildman–Crippen LogP) is 3.53. The molecule has 0 aliphatic carbocycles. The molecule has 4 heteroatoms. The maximum absolute atomic E-state index is 11.9. The summed E-state index contributed by atoms with van der Waals surface area (Å²) in [6, 6.07) is 9.71. The lowest BCUT2D eigenvalue weighted by Crippen LogP contribution is -2.48. The summed E-state index contributed by atoms with van der Waals surface area (Å²) < 4.78 is 5.27. The Morgan fingerprint density at radius 1 is 1.23 bits per heavy atom. The number of ether oxygens (including phenoxy) is 1. The maximum Gasteiger partial charge on any atom is 0.407 e. The zero-order chi connectivity index (χ0) is 16.8. The molecule has 2 N–H and O–H groups in total. The molecule has 0 bridgehead atoms. The molecule has 0 fully saturated rings. The molecule has 0 saturated heterocycles. The maximum atomic E-state index is 11.9. The van der Waals surface area contributed by atoms with E-state index in [-0.39, 0.29) is 12.0 Å². The van der Waals surface area contributed by atoms with Crippen molar-refractivity contribution in [2.45, 2.75) is 65.2 Å². The summed E-state index contributed by atoms with van der Waals surface area (Å²) in [6.07, 6.45) is 0.293. The summed E-state index contributed by atoms with van der Waals surface area (Å²) in [5.74, 6) is 0.123. The van der Waals surface area contributed by atoms with Gasteiger partial charge in [0.15, 0.2) is 0 Å². The quantitative estimate of drug-likeness (QED) is 0.845. The Kier molecular flexibility index (Phi) is 6.88. The van der Waals surface area contributed by atoms with Gasteiger partial charge in [-0.1, -0.05) is 44.2 Å². The molecule has 0 unspecified atom stereocenters. The highest BCUT2D eigenvalue weighted by molar-refractivity contribution is 5.68. The third-order valence-electron chi connectivity index (χ3n) is 3.39. The van der Waals surface area contributed by atoms with Crippen molar-refractivity contribution in [1.29, 1.82) is 0 Å². The van der Waals surface area contributed by atoms with Crippen molar-refractivity contribution in [3.05, 3.63) is 35.9 Å². The Bertz CT molecular complexity index is 451. The Labute approximate surface area is 133 Å². The van der Waals surface area contributed by atoms with Gasteiger partial charge < -0.3 is 15.2 Å². The molecular formula is C18H29NO3. The second-order valence-corrected chi connectivity index (χ2v) is 7.01. The number of hydrogen-bond donors (Lipinski definition) is 2. The van der Waals surface area contributed by atoms with E-state index in [4.69, 9.17) is 4.74 Å². The van der Waals surface area contributed by atoms with Gasteiger partial charge in [0, 0.05) is 0 Å². The fraction of sp³-hybridized carbons (Fsp3) is 0.611. The highest BCUT2D eigenvalue weighted by Crippen LogP contribution is 2.14. The summed E-state index contributed by atoms with van der Waals surface area (Å²) in [6.45, 7) is 9.43. The predicted molar refractivity (Wildman–Crippen MR) is 88.8 cm³/mol. The number of rotatable bonds is 6. The van der Waals surface area contributed by atoms with Crippen LogP contribution in [0.25, 0.3) is 0 Å². The van der Waals surface area contributed by atoms with Gasteiger partial charge in [-0.05, 0) is 45.1 Å². The lowest BCUT2D eigenvalue weighted by molar-refractivity contribution is 0.0364. The van der Waals surface area contributed by atoms with Crippen LogP contribution in [-0.2, 0) is 11.2 Å². The van der Waals surface area contributed by atoms with Crippen LogP contribution in [0.1, 0.15) is 46.6 Å². The zero-order valence-electron chi connectivity index (χ0n) is 14.3. The molecule has 0 spiro atoms. The highest BCUT2D eigenvalue weighted by atomic mass is 16.6. The van der Waals surface area contributed by atoms with E-state index in [1.165, 1.54) is 5.56 Å². The highest BCUT2D eigenvalue weighted by Gasteiger charge is 2.26. The van der Waals surface area contributed by atoms with E-state index in [0.717, 1.165) is 6.42 Å². The molecule has 1 aromatic carbocycles. The van der Waals surface area contributed by atoms with E-state index >= 15 is 0 Å². The summed E-state index contributed by atoms with van der Waals surface area (Å²) in [5.41, 5.74) is 0.641. The van der Waals surface area contributed by atoms with Gasteiger partial charge in [0.1, 0.15) is 5.60 Å². The van der Waals surface area contributed by atoms with Crippen LogP contribution in [0.15, 0.2) is 30.3 Å². The van der Waals surface area contributed by atoms with E-state index in [1.54, 1.807) is 0 Å². The van der Waals surface area contributed by atoms with Gasteiger partial charge in [0.2, 0.25) is 0 Å². The molecule has 4 nitrogen and oxygen atoms in total. The monoisotopic (exact) mass is 307 g/mol. The topological polar surface area (TPSA) is 58.6 Å². The number of amides is 1. The first-order chi connectivity index (χ1) is 10.2. The van der Waals surface area contributed by atoms with Crippen molar-refractivity contribution in [3.63, 3.8) is 0 Å². The number of alkyl carbamates (subject to hydrolysis) is 1. The molecule has 2 atom stereocenters. The molecule has 22 heavy (non-hydrogen) atoms. The summed E-state index contributed by atoms with van der Waals surface area (Å²) in [5, 5.41) is 13.2. The molecule has 0 radical (unpaired) electrons. The fourth-order valence-corrected chi connectivity index (χ4v) is 2.29. The number of hydrogen-bond acceptors (Lipinski definition) is 3. The standard InChI is InChI=1S/C18H29NO3/c1-13(2)16(19-17(21)22-18(3,4)5)15(20)12-11-14-9-7-6-8-10-14/h6-10,13,15-16,20H,11-12H2,1-5H3,(H,19,21)/t15-,16-/m1/s1. The molecule has 0 heterocycles. The molecule has 1 aromatic rings. The van der Waals surface area contributed by atoms with E-state index < -0.39 is 17.8 Å². The number of carbonyl (C=O) groups excluding carboxylic acids is 1. The van der Waals surface area contributed by atoms with Gasteiger partial charge in [-0.15, -0.1) is 0 Å². The van der Waals surface area contributed by atoms with Gasteiger partial charge in [-0.2, -0.15) is 0 Å². The number of aliphatic hydroxyl groups is 1. The zero-order valence-corrected chi connectivity index (χ0v) is 14.3. The van der Waals surface area contributed by atoms with Gasteiger partial charge in [-0.3, -0.25) is 0 Å². The average molecular weight is 307 g/mol. The molecule has 124 valence electrons. The van der Waals surface area contributed by atoms with Crippen molar-refractivity contribution >= 4 is 6.09 Å². The van der Waals surface area contributed by atoms with E-state index in [0.29, 0.717) is 6.42 Å². The number of benzene rings is 1. The third-order valence-corrected chi connectivity index (χ3v) is 3.39. The van der Waals surface area contributed by atoms with Crippen molar-refractivity contribution in [2.75, 3.05) is 0 Å². The number of aliphatic hydroxyl groups excluding tert-OH is 1. The van der Waals surface area contributed by atoms with Gasteiger partial charge in [-0.25, -0.2) is 4.79 Å². The molecule has 0 aliphatic rings. The number of carbonyl (C=O) groups is 1. The van der Waals surface area contributed by atoms with E-state index in [9.17, 15) is 9.90 Å². The van der Waals surface area contributed by atoms with E-state index in [1.807, 2.05) is 65.0 Å². The number of nitrogens with one attached hydrogen (secondary N) is 1. The SMILES string of the molecule is CC(C)[C@@H](NC(=O)OC(C)(C)C)[C@H](O)CCc1ccccc1.